The van der Waals surface area contributed by atoms with E-state index in [9.17, 15) is 0 Å². The van der Waals surface area contributed by atoms with E-state index < -0.39 is 0 Å². The molecule has 0 aliphatic heterocycles. The summed E-state index contributed by atoms with van der Waals surface area (Å²) >= 11 is 0. The van der Waals surface area contributed by atoms with Gasteiger partial charge < -0.3 is 0 Å². The van der Waals surface area contributed by atoms with Gasteiger partial charge in [0.05, 0.1) is 0 Å². The first-order chi connectivity index (χ1) is 70.7. The van der Waals surface area contributed by atoms with E-state index >= 15 is 0 Å². The van der Waals surface area contributed by atoms with Gasteiger partial charge in [0.2, 0.25) is 0 Å². The summed E-state index contributed by atoms with van der Waals surface area (Å²) in [6.07, 6.45) is 17.7. The van der Waals surface area contributed by atoms with Crippen LogP contribution < -0.4 is 0 Å². The lowest BCUT2D eigenvalue weighted by Crippen LogP contribution is -2.21. The maximum Gasteiger partial charge on any atom is 0.0171 e. The zero-order valence-corrected chi connectivity index (χ0v) is 97.4. The summed E-state index contributed by atoms with van der Waals surface area (Å²) in [5.74, 6) is 3.86. The van der Waals surface area contributed by atoms with E-state index in [-0.39, 0.29) is 16.2 Å². The van der Waals surface area contributed by atoms with Crippen LogP contribution in [0.25, 0.3) is 116 Å². The van der Waals surface area contributed by atoms with Gasteiger partial charge in [-0.25, -0.2) is 0 Å². The third-order valence-corrected chi connectivity index (χ3v) is 35.1. The smallest absolute Gasteiger partial charge is 0.0171 e. The highest BCUT2D eigenvalue weighted by Crippen LogP contribution is 2.72. The number of fused-ring (bicyclic) bond motifs is 9. The van der Waals surface area contributed by atoms with Gasteiger partial charge in [-0.05, 0) is 469 Å². The topological polar surface area (TPSA) is 0 Å². The van der Waals surface area contributed by atoms with Crippen molar-refractivity contribution in [2.45, 2.75) is 333 Å². The quantitative estimate of drug-likeness (QED) is 0.0410. The summed E-state index contributed by atoms with van der Waals surface area (Å²) in [5.41, 5.74) is 70.6. The SMILES string of the molecule is C=CCc1cc(C(C)C)c(C2=C3C(=C(c4cc(-c5cccc(C=C)c5)c(C)cc4C(C)C)C2(C)C)c2cccc4cccc3c24)c(C(C)C)c1.C=CCc1ccc(C2=C3C(=C(c4c(C(C)C)cc(CC=C)c(C)c4C(C)C)C2(C)C)c2ccc(C(C)C)c4cccc3c24)c(C(C)C)c1.C=CCc1cccc(C2=C3C(=C(c4c(C(C)C)c(CC)c(C)c(CC=C)c4C(C)C)C2(C)C)c2cc(C)c(C)c4c(C)c(C)cc3c24)c1C(C)C. The normalized spacial score (nSPS) is 15.0. The largest absolute Gasteiger partial charge is 0.103 e. The summed E-state index contributed by atoms with van der Waals surface area (Å²) in [5, 5.41) is 8.46. The molecule has 0 spiro atoms. The second-order valence-electron chi connectivity index (χ2n) is 49.2. The van der Waals surface area contributed by atoms with Crippen LogP contribution in [0.4, 0.5) is 0 Å². The Kier molecular flexibility index (Phi) is 29.9. The van der Waals surface area contributed by atoms with Crippen LogP contribution in [0, 0.1) is 64.7 Å². The lowest BCUT2D eigenvalue weighted by molar-refractivity contribution is 0.671. The Morgan fingerprint density at radius 2 is 0.671 bits per heavy atom. The molecule has 0 saturated carbocycles. The summed E-state index contributed by atoms with van der Waals surface area (Å²) in [6.45, 7) is 106. The molecule has 13 aromatic rings. The van der Waals surface area contributed by atoms with Gasteiger partial charge in [0.15, 0.2) is 0 Å². The third-order valence-electron chi connectivity index (χ3n) is 35.1. The molecule has 0 aromatic heterocycles. The van der Waals surface area contributed by atoms with E-state index in [1.165, 1.54) is 299 Å². The fourth-order valence-corrected chi connectivity index (χ4v) is 28.5. The Bertz CT molecular complexity index is 7940. The van der Waals surface area contributed by atoms with Gasteiger partial charge in [-0.15, -0.1) is 32.9 Å². The summed E-state index contributed by atoms with van der Waals surface area (Å²) in [7, 11) is 0. The van der Waals surface area contributed by atoms with Gasteiger partial charge in [0.25, 0.3) is 0 Å². The molecule has 19 rings (SSSR count). The molecular formula is C149H170. The maximum absolute atomic E-state index is 4.28. The monoisotopic (exact) mass is 1960 g/mol. The molecule has 766 valence electrons. The maximum atomic E-state index is 4.28. The van der Waals surface area contributed by atoms with Crippen molar-refractivity contribution in [3.63, 3.8) is 0 Å². The van der Waals surface area contributed by atoms with E-state index in [0.717, 1.165) is 44.1 Å². The van der Waals surface area contributed by atoms with Gasteiger partial charge in [-0.1, -0.05) is 388 Å². The van der Waals surface area contributed by atoms with Crippen molar-refractivity contribution in [2.75, 3.05) is 0 Å². The molecule has 0 amide bonds. The second-order valence-corrected chi connectivity index (χ2v) is 49.2. The van der Waals surface area contributed by atoms with Crippen LogP contribution in [-0.2, 0) is 38.5 Å². The third kappa shape index (κ3) is 17.6. The first-order valence-electron chi connectivity index (χ1n) is 56.5. The van der Waals surface area contributed by atoms with Crippen LogP contribution in [0.2, 0.25) is 0 Å². The van der Waals surface area contributed by atoms with Crippen molar-refractivity contribution in [1.82, 2.24) is 0 Å². The molecule has 6 aliphatic rings. The number of hydrogen-bond donors (Lipinski definition) is 0. The molecule has 0 atom stereocenters. The first-order valence-corrected chi connectivity index (χ1v) is 56.5. The van der Waals surface area contributed by atoms with E-state index in [4.69, 9.17) is 0 Å². The van der Waals surface area contributed by atoms with E-state index in [1.54, 1.807) is 5.56 Å². The Labute approximate surface area is 899 Å². The lowest BCUT2D eigenvalue weighted by Gasteiger charge is -2.36. The molecular weight excluding hydrogens is 1790 g/mol. The molecule has 6 aliphatic carbocycles. The van der Waals surface area contributed by atoms with Gasteiger partial charge >= 0.3 is 0 Å². The van der Waals surface area contributed by atoms with Crippen LogP contribution in [0.5, 0.6) is 0 Å². The molecule has 13 aromatic carbocycles. The highest BCUT2D eigenvalue weighted by Gasteiger charge is 2.53. The van der Waals surface area contributed by atoms with Crippen molar-refractivity contribution in [3.8, 4) is 11.1 Å². The number of allylic oxidation sites excluding steroid dienone is 17. The van der Waals surface area contributed by atoms with Gasteiger partial charge in [0.1, 0.15) is 0 Å². The molecule has 0 heterocycles. The zero-order valence-electron chi connectivity index (χ0n) is 97.4. The predicted molar refractivity (Wildman–Crippen MR) is 661 cm³/mol. The summed E-state index contributed by atoms with van der Waals surface area (Å²) in [6, 6.07) is 66.5. The van der Waals surface area contributed by atoms with Crippen LogP contribution in [0.1, 0.15) is 446 Å². The average Bonchev–Trinajstić information content (AvgIpc) is 1.52. The highest BCUT2D eigenvalue weighted by atomic mass is 14.6. The van der Waals surface area contributed by atoms with Crippen molar-refractivity contribution >= 4 is 105 Å². The van der Waals surface area contributed by atoms with Crippen molar-refractivity contribution in [2.24, 2.45) is 16.2 Å². The Morgan fingerprint density at radius 3 is 1.19 bits per heavy atom. The van der Waals surface area contributed by atoms with Gasteiger partial charge in [-0.2, -0.15) is 0 Å². The molecule has 0 bridgehead atoms. The average molecular weight is 1960 g/mol. The van der Waals surface area contributed by atoms with Crippen LogP contribution in [0.3, 0.4) is 0 Å². The van der Waals surface area contributed by atoms with Crippen molar-refractivity contribution in [3.05, 3.63) is 440 Å². The molecule has 0 radical (unpaired) electrons. The number of benzene rings is 13. The van der Waals surface area contributed by atoms with E-state index in [1.807, 2.05) is 18.2 Å². The number of hydrogen-bond acceptors (Lipinski definition) is 0. The molecule has 0 nitrogen and oxygen atoms in total. The van der Waals surface area contributed by atoms with E-state index in [2.05, 4.69) is 463 Å². The summed E-state index contributed by atoms with van der Waals surface area (Å²) < 4.78 is 0. The Hall–Kier alpha value is -12.5. The van der Waals surface area contributed by atoms with Gasteiger partial charge in [-0.3, -0.25) is 0 Å². The standard InChI is InChI=1S/C51H62.C50H52.C48H56/c1-17-21-35-23-20-24-38(41(35)27(4)5)49-46-39-25-30(10)32(12)44-33(13)31(11)26-40(45(39)44)47(46)50(51(49,15)16)48-42(28(6)7)36(19-3)34(14)37(22-18-2)43(48)29(8)9;1-12-17-34-26-40(30(5)6)45(41(27-34)31(7)8)49-47-38-23-16-20-35-19-15-22-37(44(35)38)46(47)48(50(49,10)11)43-28-42(32(9)24-39(43)29(3)4)36-21-14-18-33(13-2)25-36;1-14-17-32-21-22-36(39(25-32)28(5)6)46-43-37-20-16-19-35-34(27(3)4)23-24-38(42(35)37)44(43)47(48(46,12)13)45-40(29(7)8)26-33(18-15-2)31(11)41(45)30(9)10/h17-18,20,23-29H,1-2,19,21-22H2,3-16H3;12-16,18-31H,1-2,17H2,3-11H3;14-16,19-30H,1-2,17-18H2,3-13H3. The van der Waals surface area contributed by atoms with Crippen molar-refractivity contribution < 1.29 is 0 Å². The number of aryl methyl sites for hydroxylation is 5. The predicted octanol–water partition coefficient (Wildman–Crippen LogP) is 43.1. The first kappa shape index (κ1) is 108. The second kappa shape index (κ2) is 41.4. The molecule has 0 unspecified atom stereocenters. The molecule has 149 heavy (non-hydrogen) atoms. The van der Waals surface area contributed by atoms with Gasteiger partial charge in [0, 0.05) is 16.2 Å². The van der Waals surface area contributed by atoms with Crippen molar-refractivity contribution in [1.29, 1.82) is 0 Å². The summed E-state index contributed by atoms with van der Waals surface area (Å²) in [4.78, 5) is 0. The minimum atomic E-state index is -0.271. The molecule has 0 heteroatoms. The number of rotatable bonds is 29. The Balaban J connectivity index is 0.000000152. The lowest BCUT2D eigenvalue weighted by atomic mass is 9.67. The van der Waals surface area contributed by atoms with Crippen LogP contribution >= 0.6 is 0 Å². The zero-order chi connectivity index (χ0) is 108. The van der Waals surface area contributed by atoms with Crippen LogP contribution in [0.15, 0.2) is 240 Å². The minimum absolute atomic E-state index is 0.232. The van der Waals surface area contributed by atoms with Crippen LogP contribution in [-0.4, -0.2) is 0 Å². The Morgan fingerprint density at radius 1 is 0.255 bits per heavy atom. The highest BCUT2D eigenvalue weighted by molar-refractivity contribution is 6.41. The van der Waals surface area contributed by atoms with E-state index in [0.29, 0.717) is 59.2 Å². The molecule has 0 saturated heterocycles. The fraction of sp³-hybridized carbons (Fsp3) is 0.356. The molecule has 0 N–H and O–H groups in total. The fourth-order valence-electron chi connectivity index (χ4n) is 28.5. The minimum Gasteiger partial charge on any atom is -0.103 e. The molecule has 0 fully saturated rings.